The molecule has 1 fully saturated rings. The Morgan fingerprint density at radius 2 is 2.16 bits per heavy atom. The van der Waals surface area contributed by atoms with Crippen molar-refractivity contribution in [1.82, 2.24) is 4.90 Å². The van der Waals surface area contributed by atoms with Gasteiger partial charge in [-0.05, 0) is 12.5 Å². The van der Waals surface area contributed by atoms with Crippen molar-refractivity contribution < 1.29 is 9.53 Å². The van der Waals surface area contributed by atoms with Crippen LogP contribution in [0.1, 0.15) is 27.2 Å². The average Bonchev–Trinajstić information content (AvgIpc) is 2.64. The van der Waals surface area contributed by atoms with Crippen LogP contribution in [0.25, 0.3) is 0 Å². The average molecular weight is 266 g/mol. The molecule has 0 aliphatic carbocycles. The van der Waals surface area contributed by atoms with E-state index in [2.05, 4.69) is 4.99 Å². The molecule has 1 aliphatic rings. The lowest BCUT2D eigenvalue weighted by atomic mass is 10.2. The van der Waals surface area contributed by atoms with Crippen LogP contribution in [0, 0.1) is 0 Å². The molecule has 4 heteroatoms. The summed E-state index contributed by atoms with van der Waals surface area (Å²) in [5, 5.41) is 0. The van der Waals surface area contributed by atoms with Crippen LogP contribution in [-0.4, -0.2) is 50.4 Å². The summed E-state index contributed by atoms with van der Waals surface area (Å²) >= 11 is 0. The molecule has 0 N–H and O–H groups in total. The Morgan fingerprint density at radius 1 is 1.42 bits per heavy atom. The quantitative estimate of drug-likeness (QED) is 0.579. The Balaban J connectivity index is 0.00000154. The highest BCUT2D eigenvalue weighted by Gasteiger charge is 2.17. The third-order valence-electron chi connectivity index (χ3n) is 2.49. The second-order valence-corrected chi connectivity index (χ2v) is 3.83. The van der Waals surface area contributed by atoms with Crippen LogP contribution in [0.3, 0.4) is 0 Å². The van der Waals surface area contributed by atoms with E-state index in [9.17, 15) is 4.79 Å². The Kier molecular flexibility index (Phi) is 10.8. The van der Waals surface area contributed by atoms with E-state index in [4.69, 9.17) is 4.74 Å². The normalized spacial score (nSPS) is 17.6. The van der Waals surface area contributed by atoms with Crippen LogP contribution in [0.2, 0.25) is 0 Å². The van der Waals surface area contributed by atoms with Crippen LogP contribution in [-0.2, 0) is 9.53 Å². The van der Waals surface area contributed by atoms with Crippen molar-refractivity contribution in [3.8, 4) is 0 Å². The number of carbonyl (C=O) groups excluding carboxylic acids is 1. The molecular formula is C15H26N2O2. The maximum Gasteiger partial charge on any atom is 0.225 e. The van der Waals surface area contributed by atoms with Gasteiger partial charge in [0, 0.05) is 26.4 Å². The van der Waals surface area contributed by atoms with Crippen LogP contribution in [0.5, 0.6) is 0 Å². The lowest BCUT2D eigenvalue weighted by Crippen LogP contribution is -2.33. The Morgan fingerprint density at radius 3 is 2.79 bits per heavy atom. The number of amides is 1. The van der Waals surface area contributed by atoms with Crippen LogP contribution in [0.15, 0.2) is 28.8 Å². The molecule has 1 amide bonds. The molecule has 0 unspecified atom stereocenters. The van der Waals surface area contributed by atoms with E-state index >= 15 is 0 Å². The largest absolute Gasteiger partial charge is 0.379 e. The Labute approximate surface area is 116 Å². The van der Waals surface area contributed by atoms with E-state index in [0.717, 1.165) is 5.57 Å². The molecule has 0 atom stereocenters. The molecule has 0 bridgehead atoms. The molecule has 0 aromatic carbocycles. The molecular weight excluding hydrogens is 240 g/mol. The first-order valence-electron chi connectivity index (χ1n) is 6.87. The lowest BCUT2D eigenvalue weighted by molar-refractivity contribution is -0.129. The van der Waals surface area contributed by atoms with Crippen molar-refractivity contribution in [2.24, 2.45) is 4.99 Å². The summed E-state index contributed by atoms with van der Waals surface area (Å²) in [5.41, 5.74) is 1.03. The maximum atomic E-state index is 11.8. The Bertz CT molecular complexity index is 333. The van der Waals surface area contributed by atoms with Crippen molar-refractivity contribution in [3.63, 3.8) is 0 Å². The summed E-state index contributed by atoms with van der Waals surface area (Å²) in [7, 11) is 1.73. The number of ether oxygens (including phenoxy) is 1. The third kappa shape index (κ3) is 7.57. The third-order valence-corrected chi connectivity index (χ3v) is 2.49. The predicted octanol–water partition coefficient (Wildman–Crippen LogP) is 2.46. The minimum absolute atomic E-state index is 0.151. The second kappa shape index (κ2) is 11.7. The molecule has 1 aliphatic heterocycles. The van der Waals surface area contributed by atoms with Crippen molar-refractivity contribution in [2.45, 2.75) is 27.2 Å². The van der Waals surface area contributed by atoms with E-state index in [1.165, 1.54) is 0 Å². The molecule has 0 aromatic heterocycles. The first kappa shape index (κ1) is 17.6. The molecule has 0 radical (unpaired) electrons. The number of rotatable bonds is 4. The zero-order valence-corrected chi connectivity index (χ0v) is 12.6. The zero-order valence-electron chi connectivity index (χ0n) is 12.6. The van der Waals surface area contributed by atoms with E-state index in [1.54, 1.807) is 13.3 Å². The number of aliphatic imine (C=N–C) groups is 1. The van der Waals surface area contributed by atoms with Gasteiger partial charge in [-0.25, -0.2) is 0 Å². The van der Waals surface area contributed by atoms with E-state index in [1.807, 2.05) is 43.9 Å². The second-order valence-electron chi connectivity index (χ2n) is 3.83. The summed E-state index contributed by atoms with van der Waals surface area (Å²) in [6.07, 6.45) is 8.15. The van der Waals surface area contributed by atoms with Gasteiger partial charge in [0.2, 0.25) is 5.91 Å². The van der Waals surface area contributed by atoms with Gasteiger partial charge in [-0.1, -0.05) is 32.1 Å². The van der Waals surface area contributed by atoms with Crippen LogP contribution >= 0.6 is 0 Å². The van der Waals surface area contributed by atoms with Crippen molar-refractivity contribution in [1.29, 1.82) is 0 Å². The number of allylic oxidation sites excluding steroid dienone is 3. The van der Waals surface area contributed by atoms with Crippen LogP contribution < -0.4 is 0 Å². The highest BCUT2D eigenvalue weighted by atomic mass is 16.5. The molecule has 4 nitrogen and oxygen atoms in total. The molecule has 1 saturated heterocycles. The molecule has 19 heavy (non-hydrogen) atoms. The Hall–Kier alpha value is -1.42. The van der Waals surface area contributed by atoms with Gasteiger partial charge in [0.1, 0.15) is 0 Å². The van der Waals surface area contributed by atoms with Gasteiger partial charge in [-0.2, -0.15) is 0 Å². The van der Waals surface area contributed by atoms with E-state index in [-0.39, 0.29) is 5.91 Å². The highest BCUT2D eigenvalue weighted by Crippen LogP contribution is 2.05. The van der Waals surface area contributed by atoms with Gasteiger partial charge in [-0.15, -0.1) is 0 Å². The van der Waals surface area contributed by atoms with Gasteiger partial charge in [-0.3, -0.25) is 9.79 Å². The monoisotopic (exact) mass is 266 g/mol. The number of carbonyl (C=O) groups is 1. The maximum absolute atomic E-state index is 11.8. The highest BCUT2D eigenvalue weighted by molar-refractivity contribution is 5.82. The molecule has 0 aromatic rings. The molecule has 108 valence electrons. The van der Waals surface area contributed by atoms with Gasteiger partial charge < -0.3 is 9.64 Å². The SMILES string of the molecule is C/C=C/C=C(\C=NC)CN1CCOCCC1=O.CC. The van der Waals surface area contributed by atoms with Crippen molar-refractivity contribution in [3.05, 3.63) is 23.8 Å². The number of nitrogens with zero attached hydrogens (tertiary/aromatic N) is 2. The van der Waals surface area contributed by atoms with E-state index < -0.39 is 0 Å². The topological polar surface area (TPSA) is 41.9 Å². The first-order chi connectivity index (χ1) is 9.27. The van der Waals surface area contributed by atoms with Gasteiger partial charge in [0.15, 0.2) is 0 Å². The van der Waals surface area contributed by atoms with E-state index in [0.29, 0.717) is 32.7 Å². The summed E-state index contributed by atoms with van der Waals surface area (Å²) in [4.78, 5) is 17.6. The smallest absolute Gasteiger partial charge is 0.225 e. The number of hydrogen-bond donors (Lipinski definition) is 0. The molecule has 0 spiro atoms. The van der Waals surface area contributed by atoms with Crippen molar-refractivity contribution >= 4 is 12.1 Å². The minimum atomic E-state index is 0.151. The summed E-state index contributed by atoms with van der Waals surface area (Å²) < 4.78 is 5.29. The van der Waals surface area contributed by atoms with Crippen LogP contribution in [0.4, 0.5) is 0 Å². The summed E-state index contributed by atoms with van der Waals surface area (Å²) in [6.45, 7) is 8.37. The minimum Gasteiger partial charge on any atom is -0.379 e. The van der Waals surface area contributed by atoms with Gasteiger partial charge >= 0.3 is 0 Å². The van der Waals surface area contributed by atoms with Gasteiger partial charge in [0.05, 0.1) is 19.6 Å². The summed E-state index contributed by atoms with van der Waals surface area (Å²) in [5.74, 6) is 0.151. The summed E-state index contributed by atoms with van der Waals surface area (Å²) in [6, 6.07) is 0. The fraction of sp³-hybridized carbons (Fsp3) is 0.600. The fourth-order valence-electron chi connectivity index (χ4n) is 1.63. The standard InChI is InChI=1S/C13H20N2O2.C2H6/c1-3-4-5-12(10-14-2)11-15-7-9-17-8-6-13(15)16;1-2/h3-5,10H,6-9,11H2,1-2H3;1-2H3/b4-3+,12-5+,14-10?;. The lowest BCUT2D eigenvalue weighted by Gasteiger charge is -2.19. The zero-order chi connectivity index (χ0) is 14.5. The number of hydrogen-bond acceptors (Lipinski definition) is 3. The van der Waals surface area contributed by atoms with Crippen molar-refractivity contribution in [2.75, 3.05) is 33.4 Å². The first-order valence-corrected chi connectivity index (χ1v) is 6.87. The predicted molar refractivity (Wildman–Crippen MR) is 80.7 cm³/mol. The molecule has 1 rings (SSSR count). The fourth-order valence-corrected chi connectivity index (χ4v) is 1.63. The molecule has 0 saturated carbocycles. The molecule has 1 heterocycles. The van der Waals surface area contributed by atoms with Gasteiger partial charge in [0.25, 0.3) is 0 Å².